The predicted molar refractivity (Wildman–Crippen MR) is 74.1 cm³/mol. The smallest absolute Gasteiger partial charge is 0.168 e. The van der Waals surface area contributed by atoms with Crippen molar-refractivity contribution in [1.82, 2.24) is 19.7 Å². The molecule has 0 aromatic carbocycles. The lowest BCUT2D eigenvalue weighted by Gasteiger charge is -2.38. The topological polar surface area (TPSA) is 52.4 Å². The van der Waals surface area contributed by atoms with Gasteiger partial charge in [0.1, 0.15) is 11.6 Å². The third kappa shape index (κ3) is 2.60. The molecule has 6 nitrogen and oxygen atoms in total. The van der Waals surface area contributed by atoms with E-state index in [1.807, 2.05) is 14.0 Å². The summed E-state index contributed by atoms with van der Waals surface area (Å²) in [5.41, 5.74) is 0. The normalized spacial score (nSPS) is 23.0. The molecule has 2 fully saturated rings. The summed E-state index contributed by atoms with van der Waals surface area (Å²) in [5.74, 6) is 1.72. The highest BCUT2D eigenvalue weighted by atomic mass is 16.7. The van der Waals surface area contributed by atoms with E-state index in [2.05, 4.69) is 26.7 Å². The van der Waals surface area contributed by atoms with Gasteiger partial charge in [0, 0.05) is 25.9 Å². The molecule has 0 atom stereocenters. The van der Waals surface area contributed by atoms with Crippen molar-refractivity contribution >= 4 is 0 Å². The molecule has 2 heterocycles. The number of hydrogen-bond acceptors (Lipinski definition) is 5. The minimum absolute atomic E-state index is 0.265. The van der Waals surface area contributed by atoms with Crippen LogP contribution in [0.2, 0.25) is 0 Å². The van der Waals surface area contributed by atoms with Crippen LogP contribution in [-0.4, -0.2) is 51.8 Å². The van der Waals surface area contributed by atoms with Crippen molar-refractivity contribution in [3.8, 4) is 0 Å². The van der Waals surface area contributed by atoms with Gasteiger partial charge in [-0.05, 0) is 26.8 Å². The first-order valence-electron chi connectivity index (χ1n) is 7.43. The van der Waals surface area contributed by atoms with Gasteiger partial charge in [0.15, 0.2) is 5.79 Å². The average Bonchev–Trinajstić information content (AvgIpc) is 3.02. The number of nitrogens with zero attached hydrogens (tertiary/aromatic N) is 4. The van der Waals surface area contributed by atoms with E-state index < -0.39 is 0 Å². The van der Waals surface area contributed by atoms with Crippen LogP contribution in [0, 0.1) is 6.92 Å². The molecule has 0 amide bonds. The van der Waals surface area contributed by atoms with E-state index in [4.69, 9.17) is 9.47 Å². The molecule has 0 unspecified atom stereocenters. The Morgan fingerprint density at radius 3 is 2.45 bits per heavy atom. The van der Waals surface area contributed by atoms with Crippen molar-refractivity contribution in [1.29, 1.82) is 0 Å². The second kappa shape index (κ2) is 5.42. The summed E-state index contributed by atoms with van der Waals surface area (Å²) < 4.78 is 13.6. The molecule has 1 aliphatic carbocycles. The SMILES string of the molecule is Cc1nnc(CN(C)C2CCC3(CC2)OCCO3)n1C. The average molecular weight is 280 g/mol. The van der Waals surface area contributed by atoms with Gasteiger partial charge < -0.3 is 14.0 Å². The van der Waals surface area contributed by atoms with Gasteiger partial charge in [-0.1, -0.05) is 0 Å². The maximum absolute atomic E-state index is 5.78. The zero-order chi connectivity index (χ0) is 14.2. The lowest BCUT2D eigenvalue weighted by Crippen LogP contribution is -2.42. The molecule has 6 heteroatoms. The standard InChI is InChI=1S/C14H24N4O2/c1-11-15-16-13(18(11)3)10-17(2)12-4-6-14(7-5-12)19-8-9-20-14/h12H,4-10H2,1-3H3. The minimum Gasteiger partial charge on any atom is -0.348 e. The van der Waals surface area contributed by atoms with Crippen LogP contribution in [0.4, 0.5) is 0 Å². The van der Waals surface area contributed by atoms with Gasteiger partial charge in [-0.15, -0.1) is 10.2 Å². The summed E-state index contributed by atoms with van der Waals surface area (Å²) in [7, 11) is 4.19. The van der Waals surface area contributed by atoms with E-state index in [-0.39, 0.29) is 5.79 Å². The first-order valence-corrected chi connectivity index (χ1v) is 7.43. The number of aromatic nitrogens is 3. The van der Waals surface area contributed by atoms with E-state index >= 15 is 0 Å². The molecular weight excluding hydrogens is 256 g/mol. The lowest BCUT2D eigenvalue weighted by atomic mass is 9.89. The molecule has 1 aromatic heterocycles. The Bertz CT molecular complexity index is 458. The first-order chi connectivity index (χ1) is 9.60. The van der Waals surface area contributed by atoms with Crippen LogP contribution in [0.1, 0.15) is 37.3 Å². The Morgan fingerprint density at radius 2 is 1.90 bits per heavy atom. The number of ether oxygens (including phenoxy) is 2. The van der Waals surface area contributed by atoms with Crippen LogP contribution in [0.3, 0.4) is 0 Å². The van der Waals surface area contributed by atoms with Crippen molar-refractivity contribution in [2.45, 2.75) is 51.0 Å². The molecular formula is C14H24N4O2. The predicted octanol–water partition coefficient (Wildman–Crippen LogP) is 1.24. The molecule has 1 spiro atoms. The summed E-state index contributed by atoms with van der Waals surface area (Å²) in [6, 6.07) is 0.574. The van der Waals surface area contributed by atoms with E-state index in [1.165, 1.54) is 0 Å². The van der Waals surface area contributed by atoms with Crippen molar-refractivity contribution in [3.63, 3.8) is 0 Å². The van der Waals surface area contributed by atoms with Crippen LogP contribution in [0.5, 0.6) is 0 Å². The Kier molecular flexibility index (Phi) is 3.79. The zero-order valence-electron chi connectivity index (χ0n) is 12.6. The summed E-state index contributed by atoms with van der Waals surface area (Å²) in [6.07, 6.45) is 4.24. The van der Waals surface area contributed by atoms with E-state index in [0.717, 1.165) is 57.1 Å². The minimum atomic E-state index is -0.265. The second-order valence-corrected chi connectivity index (χ2v) is 5.98. The quantitative estimate of drug-likeness (QED) is 0.834. The van der Waals surface area contributed by atoms with Crippen LogP contribution >= 0.6 is 0 Å². The number of aryl methyl sites for hydroxylation is 1. The van der Waals surface area contributed by atoms with Crippen LogP contribution in [0.15, 0.2) is 0 Å². The highest BCUT2D eigenvalue weighted by molar-refractivity contribution is 4.94. The maximum Gasteiger partial charge on any atom is 0.168 e. The van der Waals surface area contributed by atoms with Gasteiger partial charge in [0.25, 0.3) is 0 Å². The monoisotopic (exact) mass is 280 g/mol. The molecule has 0 N–H and O–H groups in total. The van der Waals surface area contributed by atoms with Gasteiger partial charge in [-0.25, -0.2) is 0 Å². The fourth-order valence-electron chi connectivity index (χ4n) is 3.21. The molecule has 112 valence electrons. The fraction of sp³-hybridized carbons (Fsp3) is 0.857. The van der Waals surface area contributed by atoms with Gasteiger partial charge >= 0.3 is 0 Å². The van der Waals surface area contributed by atoms with Crippen LogP contribution in [0.25, 0.3) is 0 Å². The fourth-order valence-corrected chi connectivity index (χ4v) is 3.21. The lowest BCUT2D eigenvalue weighted by molar-refractivity contribution is -0.183. The third-order valence-corrected chi connectivity index (χ3v) is 4.73. The Morgan fingerprint density at radius 1 is 1.25 bits per heavy atom. The summed E-state index contributed by atoms with van der Waals surface area (Å²) in [5, 5.41) is 8.36. The van der Waals surface area contributed by atoms with Gasteiger partial charge in [0.2, 0.25) is 0 Å². The van der Waals surface area contributed by atoms with Crippen LogP contribution in [-0.2, 0) is 23.1 Å². The number of rotatable bonds is 3. The van der Waals surface area contributed by atoms with Crippen LogP contribution < -0.4 is 0 Å². The van der Waals surface area contributed by atoms with Gasteiger partial charge in [-0.2, -0.15) is 0 Å². The highest BCUT2D eigenvalue weighted by Crippen LogP contribution is 2.37. The summed E-state index contributed by atoms with van der Waals surface area (Å²) in [4.78, 5) is 2.38. The Balaban J connectivity index is 1.56. The largest absolute Gasteiger partial charge is 0.348 e. The zero-order valence-corrected chi connectivity index (χ0v) is 12.6. The molecule has 0 bridgehead atoms. The Hall–Kier alpha value is -0.980. The number of hydrogen-bond donors (Lipinski definition) is 0. The molecule has 1 saturated heterocycles. The molecule has 20 heavy (non-hydrogen) atoms. The van der Waals surface area contributed by atoms with Gasteiger partial charge in [0.05, 0.1) is 19.8 Å². The van der Waals surface area contributed by atoms with E-state index in [9.17, 15) is 0 Å². The Labute approximate surface area is 120 Å². The van der Waals surface area contributed by atoms with Crippen molar-refractivity contribution < 1.29 is 9.47 Å². The van der Waals surface area contributed by atoms with E-state index in [0.29, 0.717) is 6.04 Å². The molecule has 1 aromatic rings. The molecule has 0 radical (unpaired) electrons. The molecule has 1 saturated carbocycles. The van der Waals surface area contributed by atoms with E-state index in [1.54, 1.807) is 0 Å². The van der Waals surface area contributed by atoms with Crippen molar-refractivity contribution in [2.24, 2.45) is 7.05 Å². The second-order valence-electron chi connectivity index (χ2n) is 5.98. The molecule has 3 rings (SSSR count). The highest BCUT2D eigenvalue weighted by Gasteiger charge is 2.41. The molecule has 1 aliphatic heterocycles. The maximum atomic E-state index is 5.78. The molecule has 2 aliphatic rings. The van der Waals surface area contributed by atoms with Crippen molar-refractivity contribution in [3.05, 3.63) is 11.6 Å². The van der Waals surface area contributed by atoms with Crippen molar-refractivity contribution in [2.75, 3.05) is 20.3 Å². The third-order valence-electron chi connectivity index (χ3n) is 4.73. The van der Waals surface area contributed by atoms with Gasteiger partial charge in [-0.3, -0.25) is 4.90 Å². The summed E-state index contributed by atoms with van der Waals surface area (Å²) in [6.45, 7) is 4.32. The summed E-state index contributed by atoms with van der Waals surface area (Å²) >= 11 is 0. The first kappa shape index (κ1) is 14.0.